The molecule has 0 aliphatic heterocycles. The normalized spacial score (nSPS) is 10.0. The molecule has 0 saturated carbocycles. The van der Waals surface area contributed by atoms with Crippen molar-refractivity contribution in [3.63, 3.8) is 0 Å². The summed E-state index contributed by atoms with van der Waals surface area (Å²) in [7, 11) is 0. The van der Waals surface area contributed by atoms with Crippen molar-refractivity contribution in [1.29, 1.82) is 0 Å². The van der Waals surface area contributed by atoms with E-state index in [1.165, 1.54) is 6.20 Å². The molecule has 1 aromatic carbocycles. The van der Waals surface area contributed by atoms with Crippen LogP contribution in [0.4, 0.5) is 0 Å². The minimum absolute atomic E-state index is 0.189. The fourth-order valence-corrected chi connectivity index (χ4v) is 1.19. The maximum Gasteiger partial charge on any atom is 0.344 e. The molecule has 2 N–H and O–H groups in total. The average Bonchev–Trinajstić information content (AvgIpc) is 2.19. The van der Waals surface area contributed by atoms with Gasteiger partial charge in [-0.1, -0.05) is 12.1 Å². The zero-order valence-electron chi connectivity index (χ0n) is 7.27. The van der Waals surface area contributed by atoms with E-state index in [-0.39, 0.29) is 11.4 Å². The van der Waals surface area contributed by atoms with Crippen molar-refractivity contribution in [1.82, 2.24) is 9.97 Å². The Balaban J connectivity index is 2.49. The molecule has 0 spiro atoms. The molecule has 4 heteroatoms. The van der Waals surface area contributed by atoms with Gasteiger partial charge in [0.1, 0.15) is 5.75 Å². The number of hydrogen-bond donors (Lipinski definition) is 2. The van der Waals surface area contributed by atoms with Crippen molar-refractivity contribution in [3.05, 3.63) is 47.1 Å². The fourth-order valence-electron chi connectivity index (χ4n) is 1.19. The van der Waals surface area contributed by atoms with E-state index in [0.717, 1.165) is 11.1 Å². The molecule has 0 bridgehead atoms. The Morgan fingerprint density at radius 2 is 2.14 bits per heavy atom. The van der Waals surface area contributed by atoms with Crippen LogP contribution in [0.5, 0.6) is 5.75 Å². The Bertz CT molecular complexity index is 485. The van der Waals surface area contributed by atoms with E-state index in [2.05, 4.69) is 9.97 Å². The smallest absolute Gasteiger partial charge is 0.344 e. The van der Waals surface area contributed by atoms with Gasteiger partial charge in [0.05, 0.1) is 0 Å². The molecule has 14 heavy (non-hydrogen) atoms. The first kappa shape index (κ1) is 8.50. The molecule has 0 atom stereocenters. The van der Waals surface area contributed by atoms with Crippen LogP contribution in [0, 0.1) is 0 Å². The Morgan fingerprint density at radius 3 is 2.79 bits per heavy atom. The second-order valence-electron chi connectivity index (χ2n) is 2.86. The topological polar surface area (TPSA) is 66.0 Å². The third-order valence-corrected chi connectivity index (χ3v) is 1.85. The predicted octanol–water partition coefficient (Wildman–Crippen LogP) is 1.14. The number of H-pyrrole nitrogens is 1. The molecule has 0 radical (unpaired) electrons. The van der Waals surface area contributed by atoms with Crippen LogP contribution in [0.2, 0.25) is 0 Å². The average molecular weight is 188 g/mol. The number of rotatable bonds is 1. The molecule has 0 aliphatic carbocycles. The van der Waals surface area contributed by atoms with E-state index in [0.29, 0.717) is 0 Å². The predicted molar refractivity (Wildman–Crippen MR) is 52.0 cm³/mol. The molecule has 1 aromatic heterocycles. The zero-order chi connectivity index (χ0) is 9.97. The Labute approximate surface area is 79.9 Å². The van der Waals surface area contributed by atoms with Gasteiger partial charge in [-0.3, -0.25) is 0 Å². The van der Waals surface area contributed by atoms with Gasteiger partial charge < -0.3 is 10.1 Å². The van der Waals surface area contributed by atoms with Gasteiger partial charge in [0.15, 0.2) is 0 Å². The number of nitrogens with zero attached hydrogens (tertiary/aromatic N) is 1. The Morgan fingerprint density at radius 1 is 1.29 bits per heavy atom. The van der Waals surface area contributed by atoms with Crippen LogP contribution in [0.15, 0.2) is 41.5 Å². The number of nitrogens with one attached hydrogen (secondary N) is 1. The Kier molecular flexibility index (Phi) is 2.02. The van der Waals surface area contributed by atoms with Crippen molar-refractivity contribution in [3.8, 4) is 16.9 Å². The Hall–Kier alpha value is -2.10. The number of phenols is 1. The van der Waals surface area contributed by atoms with Gasteiger partial charge in [0.2, 0.25) is 0 Å². The van der Waals surface area contributed by atoms with E-state index < -0.39 is 0 Å². The lowest BCUT2D eigenvalue weighted by Gasteiger charge is -1.99. The molecule has 1 heterocycles. The molecule has 0 amide bonds. The summed E-state index contributed by atoms with van der Waals surface area (Å²) in [5.41, 5.74) is 1.20. The lowest BCUT2D eigenvalue weighted by molar-refractivity contribution is 0.475. The van der Waals surface area contributed by atoms with Crippen LogP contribution in [0.25, 0.3) is 11.1 Å². The standard InChI is InChI=1S/C10H8N2O2/c13-9-3-1-2-7(4-9)8-5-11-10(14)12-6-8/h1-6,13H,(H,11,12,14). The van der Waals surface area contributed by atoms with Crippen LogP contribution in [-0.2, 0) is 0 Å². The molecule has 0 unspecified atom stereocenters. The van der Waals surface area contributed by atoms with E-state index in [4.69, 9.17) is 0 Å². The van der Waals surface area contributed by atoms with Gasteiger partial charge in [-0.15, -0.1) is 0 Å². The monoisotopic (exact) mass is 188 g/mol. The first-order valence-corrected chi connectivity index (χ1v) is 4.10. The first-order chi connectivity index (χ1) is 6.75. The maximum absolute atomic E-state index is 10.7. The third-order valence-electron chi connectivity index (χ3n) is 1.85. The summed E-state index contributed by atoms with van der Waals surface area (Å²) in [6.07, 6.45) is 3.03. The summed E-state index contributed by atoms with van der Waals surface area (Å²) >= 11 is 0. The quantitative estimate of drug-likeness (QED) is 0.705. The van der Waals surface area contributed by atoms with Gasteiger partial charge in [-0.2, -0.15) is 0 Å². The number of aromatic nitrogens is 2. The highest BCUT2D eigenvalue weighted by Crippen LogP contribution is 2.20. The maximum atomic E-state index is 10.7. The number of hydrogen-bond acceptors (Lipinski definition) is 3. The van der Waals surface area contributed by atoms with E-state index in [1.54, 1.807) is 24.4 Å². The van der Waals surface area contributed by atoms with E-state index in [9.17, 15) is 9.90 Å². The molecule has 70 valence electrons. The molecule has 0 fully saturated rings. The van der Waals surface area contributed by atoms with Crippen molar-refractivity contribution >= 4 is 0 Å². The fraction of sp³-hybridized carbons (Fsp3) is 0. The first-order valence-electron chi connectivity index (χ1n) is 4.10. The van der Waals surface area contributed by atoms with Crippen LogP contribution >= 0.6 is 0 Å². The highest BCUT2D eigenvalue weighted by molar-refractivity contribution is 5.62. The molecule has 2 aromatic rings. The lowest BCUT2D eigenvalue weighted by Crippen LogP contribution is -2.07. The highest BCUT2D eigenvalue weighted by Gasteiger charge is 1.98. The summed E-state index contributed by atoms with van der Waals surface area (Å²) in [5, 5.41) is 9.24. The molecule has 0 aliphatic rings. The number of aromatic hydroxyl groups is 1. The van der Waals surface area contributed by atoms with Crippen LogP contribution in [0.1, 0.15) is 0 Å². The van der Waals surface area contributed by atoms with Gasteiger partial charge in [0, 0.05) is 18.0 Å². The second-order valence-corrected chi connectivity index (χ2v) is 2.86. The number of benzene rings is 1. The molecule has 0 saturated heterocycles. The van der Waals surface area contributed by atoms with Crippen LogP contribution in [-0.4, -0.2) is 15.1 Å². The summed E-state index contributed by atoms with van der Waals surface area (Å²) in [4.78, 5) is 16.8. The molecular formula is C10H8N2O2. The molecule has 4 nitrogen and oxygen atoms in total. The summed E-state index contributed by atoms with van der Waals surface area (Å²) in [6, 6.07) is 6.75. The van der Waals surface area contributed by atoms with Gasteiger partial charge in [0.25, 0.3) is 0 Å². The molecule has 2 rings (SSSR count). The minimum Gasteiger partial charge on any atom is -0.508 e. The number of aromatic amines is 1. The van der Waals surface area contributed by atoms with Crippen molar-refractivity contribution in [2.24, 2.45) is 0 Å². The van der Waals surface area contributed by atoms with Gasteiger partial charge in [-0.05, 0) is 17.7 Å². The summed E-state index contributed by atoms with van der Waals surface area (Å²) in [6.45, 7) is 0. The van der Waals surface area contributed by atoms with Crippen molar-refractivity contribution in [2.45, 2.75) is 0 Å². The van der Waals surface area contributed by atoms with Crippen LogP contribution in [0.3, 0.4) is 0 Å². The zero-order valence-corrected chi connectivity index (χ0v) is 7.27. The SMILES string of the molecule is O=c1ncc(-c2cccc(O)c2)c[nH]1. The largest absolute Gasteiger partial charge is 0.508 e. The number of phenolic OH excluding ortho intramolecular Hbond substituents is 1. The van der Waals surface area contributed by atoms with Crippen LogP contribution < -0.4 is 5.69 Å². The summed E-state index contributed by atoms with van der Waals surface area (Å²) < 4.78 is 0. The van der Waals surface area contributed by atoms with E-state index in [1.807, 2.05) is 6.07 Å². The molecular weight excluding hydrogens is 180 g/mol. The second kappa shape index (κ2) is 3.33. The van der Waals surface area contributed by atoms with Crippen molar-refractivity contribution < 1.29 is 5.11 Å². The summed E-state index contributed by atoms with van der Waals surface area (Å²) in [5.74, 6) is 0.189. The highest BCUT2D eigenvalue weighted by atomic mass is 16.3. The van der Waals surface area contributed by atoms with Gasteiger partial charge in [-0.25, -0.2) is 9.78 Å². The van der Waals surface area contributed by atoms with Crippen molar-refractivity contribution in [2.75, 3.05) is 0 Å². The minimum atomic E-state index is -0.381. The lowest BCUT2D eigenvalue weighted by atomic mass is 10.1. The van der Waals surface area contributed by atoms with E-state index >= 15 is 0 Å². The van der Waals surface area contributed by atoms with Gasteiger partial charge >= 0.3 is 5.69 Å². The third kappa shape index (κ3) is 1.64.